The Balaban J connectivity index is 2.57. The van der Waals surface area contributed by atoms with Crippen molar-refractivity contribution in [3.8, 4) is 0 Å². The second-order valence-electron chi connectivity index (χ2n) is 2.81. The fourth-order valence-corrected chi connectivity index (χ4v) is 1.35. The van der Waals surface area contributed by atoms with Crippen LogP contribution in [0.3, 0.4) is 0 Å². The number of aryl methyl sites for hydroxylation is 1. The fourth-order valence-electron chi connectivity index (χ4n) is 1.35. The molecule has 0 saturated carbocycles. The number of aromatic amines is 1. The minimum Gasteiger partial charge on any atom is -0.358 e. The fraction of sp³-hybridized carbons (Fsp3) is 0.333. The van der Waals surface area contributed by atoms with E-state index in [2.05, 4.69) is 21.9 Å². The summed E-state index contributed by atoms with van der Waals surface area (Å²) >= 11 is 0. The molecule has 0 spiro atoms. The largest absolute Gasteiger partial charge is 0.358 e. The van der Waals surface area contributed by atoms with E-state index in [-0.39, 0.29) is 0 Å². The van der Waals surface area contributed by atoms with Gasteiger partial charge in [0.05, 0.1) is 16.7 Å². The minimum absolute atomic E-state index is 1.01. The van der Waals surface area contributed by atoms with Crippen molar-refractivity contribution < 1.29 is 0 Å². The molecular formula is C9H11N3. The van der Waals surface area contributed by atoms with Crippen LogP contribution in [-0.2, 0) is 6.42 Å². The molecule has 12 heavy (non-hydrogen) atoms. The van der Waals surface area contributed by atoms with E-state index in [0.717, 1.165) is 29.6 Å². The highest BCUT2D eigenvalue weighted by molar-refractivity contribution is 5.76. The summed E-state index contributed by atoms with van der Waals surface area (Å²) in [4.78, 5) is 11.5. The van der Waals surface area contributed by atoms with Gasteiger partial charge in [0, 0.05) is 6.20 Å². The van der Waals surface area contributed by atoms with Gasteiger partial charge in [0.2, 0.25) is 0 Å². The van der Waals surface area contributed by atoms with Gasteiger partial charge in [-0.1, -0.05) is 13.3 Å². The number of hydrogen-bond acceptors (Lipinski definition) is 2. The van der Waals surface area contributed by atoms with E-state index < -0.39 is 0 Å². The summed E-state index contributed by atoms with van der Waals surface area (Å²) in [6.45, 7) is 2.15. The number of hydrogen-bond donors (Lipinski definition) is 1. The Morgan fingerprint density at radius 2 is 2.33 bits per heavy atom. The van der Waals surface area contributed by atoms with Crippen molar-refractivity contribution in [2.45, 2.75) is 19.8 Å². The van der Waals surface area contributed by atoms with Crippen LogP contribution in [-0.4, -0.2) is 15.0 Å². The van der Waals surface area contributed by atoms with Gasteiger partial charge in [-0.3, -0.25) is 0 Å². The second kappa shape index (κ2) is 2.93. The van der Waals surface area contributed by atoms with E-state index >= 15 is 0 Å². The number of nitrogens with zero attached hydrogens (tertiary/aromatic N) is 2. The zero-order valence-electron chi connectivity index (χ0n) is 7.04. The molecule has 2 rings (SSSR count). The lowest BCUT2D eigenvalue weighted by Crippen LogP contribution is -1.91. The summed E-state index contributed by atoms with van der Waals surface area (Å²) in [5.74, 6) is 0. The number of fused-ring (bicyclic) bond motifs is 1. The summed E-state index contributed by atoms with van der Waals surface area (Å²) in [6.07, 6.45) is 5.66. The molecule has 2 aromatic heterocycles. The Morgan fingerprint density at radius 1 is 1.42 bits per heavy atom. The summed E-state index contributed by atoms with van der Waals surface area (Å²) in [5, 5.41) is 0. The molecule has 0 bridgehead atoms. The van der Waals surface area contributed by atoms with Crippen molar-refractivity contribution in [3.63, 3.8) is 0 Å². The van der Waals surface area contributed by atoms with Gasteiger partial charge in [-0.05, 0) is 12.5 Å². The van der Waals surface area contributed by atoms with Crippen LogP contribution < -0.4 is 0 Å². The van der Waals surface area contributed by atoms with Crippen LogP contribution in [0.25, 0.3) is 11.0 Å². The monoisotopic (exact) mass is 161 g/mol. The molecule has 62 valence electrons. The van der Waals surface area contributed by atoms with Crippen molar-refractivity contribution >= 4 is 11.0 Å². The van der Waals surface area contributed by atoms with Crippen LogP contribution in [0.5, 0.6) is 0 Å². The van der Waals surface area contributed by atoms with Gasteiger partial charge in [-0.25, -0.2) is 9.97 Å². The lowest BCUT2D eigenvalue weighted by atomic mass is 10.2. The van der Waals surface area contributed by atoms with Gasteiger partial charge in [0.25, 0.3) is 0 Å². The van der Waals surface area contributed by atoms with Crippen LogP contribution in [0.15, 0.2) is 18.6 Å². The molecule has 0 aromatic carbocycles. The molecule has 0 aliphatic heterocycles. The zero-order chi connectivity index (χ0) is 8.39. The average molecular weight is 161 g/mol. The van der Waals surface area contributed by atoms with E-state index in [1.807, 2.05) is 12.3 Å². The molecule has 2 heterocycles. The molecular weight excluding hydrogens is 150 g/mol. The first-order chi connectivity index (χ1) is 5.92. The molecule has 3 nitrogen and oxygen atoms in total. The molecule has 0 aliphatic carbocycles. The Hall–Kier alpha value is -1.38. The lowest BCUT2D eigenvalue weighted by Gasteiger charge is -1.97. The van der Waals surface area contributed by atoms with Gasteiger partial charge in [-0.2, -0.15) is 0 Å². The molecule has 0 saturated heterocycles. The van der Waals surface area contributed by atoms with Crippen molar-refractivity contribution in [1.82, 2.24) is 15.0 Å². The summed E-state index contributed by atoms with van der Waals surface area (Å²) in [7, 11) is 0. The van der Waals surface area contributed by atoms with Crippen molar-refractivity contribution in [2.75, 3.05) is 0 Å². The van der Waals surface area contributed by atoms with Crippen LogP contribution in [0.2, 0.25) is 0 Å². The van der Waals surface area contributed by atoms with Crippen LogP contribution >= 0.6 is 0 Å². The average Bonchev–Trinajstić information content (AvgIpc) is 2.53. The lowest BCUT2D eigenvalue weighted by molar-refractivity contribution is 0.883. The third-order valence-electron chi connectivity index (χ3n) is 1.91. The predicted molar refractivity (Wildman–Crippen MR) is 47.9 cm³/mol. The molecule has 0 atom stereocenters. The molecule has 2 aromatic rings. The van der Waals surface area contributed by atoms with Crippen molar-refractivity contribution in [1.29, 1.82) is 0 Å². The number of H-pyrrole nitrogens is 1. The molecule has 0 radical (unpaired) electrons. The van der Waals surface area contributed by atoms with Gasteiger partial charge < -0.3 is 4.98 Å². The maximum atomic E-state index is 4.23. The first-order valence-electron chi connectivity index (χ1n) is 4.18. The predicted octanol–water partition coefficient (Wildman–Crippen LogP) is 1.91. The Bertz CT molecular complexity index is 378. The minimum atomic E-state index is 1.01. The van der Waals surface area contributed by atoms with E-state index in [0.29, 0.717) is 0 Å². The van der Waals surface area contributed by atoms with E-state index in [4.69, 9.17) is 0 Å². The van der Waals surface area contributed by atoms with E-state index in [9.17, 15) is 0 Å². The first-order valence-corrected chi connectivity index (χ1v) is 4.18. The van der Waals surface area contributed by atoms with Gasteiger partial charge in [-0.15, -0.1) is 0 Å². The Morgan fingerprint density at radius 3 is 3.17 bits per heavy atom. The highest BCUT2D eigenvalue weighted by atomic mass is 14.9. The smallest absolute Gasteiger partial charge is 0.116 e. The standard InChI is InChI=1S/C9H11N3/c1-2-3-7-9-8(4-5-10-9)12-6-11-7/h4-6,10H,2-3H2,1H3. The summed E-state index contributed by atoms with van der Waals surface area (Å²) in [5.41, 5.74) is 3.21. The molecule has 0 unspecified atom stereocenters. The SMILES string of the molecule is CCCc1ncnc2cc[nH]c12. The summed E-state index contributed by atoms with van der Waals surface area (Å²) < 4.78 is 0. The van der Waals surface area contributed by atoms with Gasteiger partial charge >= 0.3 is 0 Å². The van der Waals surface area contributed by atoms with Crippen molar-refractivity contribution in [3.05, 3.63) is 24.3 Å². The molecule has 0 aliphatic rings. The molecule has 0 fully saturated rings. The van der Waals surface area contributed by atoms with Crippen LogP contribution in [0, 0.1) is 0 Å². The third kappa shape index (κ3) is 1.07. The van der Waals surface area contributed by atoms with Crippen molar-refractivity contribution in [2.24, 2.45) is 0 Å². The number of rotatable bonds is 2. The van der Waals surface area contributed by atoms with Crippen LogP contribution in [0.1, 0.15) is 19.0 Å². The third-order valence-corrected chi connectivity index (χ3v) is 1.91. The maximum absolute atomic E-state index is 4.23. The van der Waals surface area contributed by atoms with Gasteiger partial charge in [0.1, 0.15) is 6.33 Å². The highest BCUT2D eigenvalue weighted by Gasteiger charge is 2.01. The van der Waals surface area contributed by atoms with Crippen LogP contribution in [0.4, 0.5) is 0 Å². The first kappa shape index (κ1) is 7.28. The Kier molecular flexibility index (Phi) is 1.78. The van der Waals surface area contributed by atoms with E-state index in [1.165, 1.54) is 0 Å². The highest BCUT2D eigenvalue weighted by Crippen LogP contribution is 2.12. The normalized spacial score (nSPS) is 10.8. The molecule has 3 heteroatoms. The maximum Gasteiger partial charge on any atom is 0.116 e. The number of aromatic nitrogens is 3. The zero-order valence-corrected chi connectivity index (χ0v) is 7.04. The molecule has 1 N–H and O–H groups in total. The second-order valence-corrected chi connectivity index (χ2v) is 2.81. The summed E-state index contributed by atoms with van der Waals surface area (Å²) in [6, 6.07) is 1.97. The Labute approximate surface area is 70.9 Å². The topological polar surface area (TPSA) is 41.6 Å². The van der Waals surface area contributed by atoms with E-state index in [1.54, 1.807) is 6.33 Å². The van der Waals surface area contributed by atoms with Gasteiger partial charge in [0.15, 0.2) is 0 Å². The quantitative estimate of drug-likeness (QED) is 0.731. The molecule has 0 amide bonds. The number of nitrogens with one attached hydrogen (secondary N) is 1.